The second kappa shape index (κ2) is 8.17. The molecule has 1 spiro atoms. The Bertz CT molecular complexity index is 704. The number of aryl methyl sites for hydroxylation is 1. The number of furan rings is 1. The highest BCUT2D eigenvalue weighted by atomic mass is 16.5. The number of aromatic nitrogens is 2. The van der Waals surface area contributed by atoms with Crippen molar-refractivity contribution in [1.82, 2.24) is 19.6 Å². The molecule has 6 nitrogen and oxygen atoms in total. The fourth-order valence-electron chi connectivity index (χ4n) is 4.96. The lowest BCUT2D eigenvalue weighted by atomic mass is 9.71. The molecule has 0 saturated carbocycles. The van der Waals surface area contributed by atoms with Crippen molar-refractivity contribution in [3.63, 3.8) is 0 Å². The second-order valence-corrected chi connectivity index (χ2v) is 8.24. The molecular weight excluding hydrogens is 340 g/mol. The van der Waals surface area contributed by atoms with Gasteiger partial charge >= 0.3 is 0 Å². The summed E-state index contributed by atoms with van der Waals surface area (Å²) in [4.78, 5) is 5.14. The number of hydrogen-bond donors (Lipinski definition) is 0. The SMILES string of the molecule is CCn1cc(CN2CCC3(CC2)CN(Cc2ccco2)C[C@@H]3COC)cn1. The van der Waals surface area contributed by atoms with E-state index in [1.54, 1.807) is 6.26 Å². The molecule has 2 aromatic heterocycles. The van der Waals surface area contributed by atoms with Gasteiger partial charge in [0, 0.05) is 51.0 Å². The van der Waals surface area contributed by atoms with Gasteiger partial charge in [0.1, 0.15) is 5.76 Å². The van der Waals surface area contributed by atoms with Crippen molar-refractivity contribution in [2.75, 3.05) is 39.9 Å². The van der Waals surface area contributed by atoms with Gasteiger partial charge in [0.25, 0.3) is 0 Å². The Labute approximate surface area is 162 Å². The molecule has 27 heavy (non-hydrogen) atoms. The molecule has 2 fully saturated rings. The molecule has 0 unspecified atom stereocenters. The predicted octanol–water partition coefficient (Wildman–Crippen LogP) is 2.86. The number of likely N-dealkylation sites (tertiary alicyclic amines) is 2. The van der Waals surface area contributed by atoms with Crippen LogP contribution in [0.3, 0.4) is 0 Å². The van der Waals surface area contributed by atoms with Crippen molar-refractivity contribution >= 4 is 0 Å². The van der Waals surface area contributed by atoms with Crippen LogP contribution in [0.1, 0.15) is 31.1 Å². The molecule has 4 heterocycles. The van der Waals surface area contributed by atoms with Gasteiger partial charge in [-0.15, -0.1) is 0 Å². The molecule has 2 aliphatic rings. The smallest absolute Gasteiger partial charge is 0.117 e. The number of ether oxygens (including phenoxy) is 1. The molecule has 0 radical (unpaired) electrons. The quantitative estimate of drug-likeness (QED) is 0.748. The maximum Gasteiger partial charge on any atom is 0.117 e. The molecule has 0 aliphatic carbocycles. The van der Waals surface area contributed by atoms with E-state index in [1.165, 1.54) is 18.4 Å². The zero-order valence-electron chi connectivity index (χ0n) is 16.6. The summed E-state index contributed by atoms with van der Waals surface area (Å²) >= 11 is 0. The van der Waals surface area contributed by atoms with Crippen molar-refractivity contribution in [3.05, 3.63) is 42.1 Å². The van der Waals surface area contributed by atoms with Crippen molar-refractivity contribution in [2.45, 2.75) is 39.4 Å². The standard InChI is InChI=1S/C21H32N4O2/c1-3-25-13-18(11-22-25)12-23-8-6-21(7-9-23)17-24(14-19(21)16-26-2)15-20-5-4-10-27-20/h4-5,10-11,13,19H,3,6-9,12,14-17H2,1-2H3/t19-/m1/s1. The van der Waals surface area contributed by atoms with Crippen molar-refractivity contribution in [1.29, 1.82) is 0 Å². The van der Waals surface area contributed by atoms with Gasteiger partial charge in [0.2, 0.25) is 0 Å². The topological polar surface area (TPSA) is 46.7 Å². The highest BCUT2D eigenvalue weighted by Crippen LogP contribution is 2.45. The summed E-state index contributed by atoms with van der Waals surface area (Å²) in [6.07, 6.45) is 8.46. The normalized spacial score (nSPS) is 23.4. The Balaban J connectivity index is 1.36. The molecule has 2 aliphatic heterocycles. The van der Waals surface area contributed by atoms with Crippen LogP contribution in [0, 0.1) is 11.3 Å². The summed E-state index contributed by atoms with van der Waals surface area (Å²) in [5.74, 6) is 1.68. The van der Waals surface area contributed by atoms with Crippen molar-refractivity contribution in [2.24, 2.45) is 11.3 Å². The van der Waals surface area contributed by atoms with Crippen LogP contribution < -0.4 is 0 Å². The third-order valence-electron chi connectivity index (χ3n) is 6.48. The highest BCUT2D eigenvalue weighted by Gasteiger charge is 2.47. The number of nitrogens with zero attached hydrogens (tertiary/aromatic N) is 4. The highest BCUT2D eigenvalue weighted by molar-refractivity contribution is 5.06. The minimum atomic E-state index is 0.382. The van der Waals surface area contributed by atoms with Gasteiger partial charge in [-0.1, -0.05) is 0 Å². The average Bonchev–Trinajstić information content (AvgIpc) is 3.40. The number of piperidine rings is 1. The molecule has 1 atom stereocenters. The molecule has 2 aromatic rings. The van der Waals surface area contributed by atoms with E-state index in [2.05, 4.69) is 34.1 Å². The predicted molar refractivity (Wildman–Crippen MR) is 104 cm³/mol. The summed E-state index contributed by atoms with van der Waals surface area (Å²) < 4.78 is 13.2. The Hall–Kier alpha value is -1.63. The second-order valence-electron chi connectivity index (χ2n) is 8.24. The summed E-state index contributed by atoms with van der Waals surface area (Å²) in [6, 6.07) is 4.06. The Morgan fingerprint density at radius 3 is 2.78 bits per heavy atom. The zero-order chi connectivity index (χ0) is 18.7. The van der Waals surface area contributed by atoms with E-state index >= 15 is 0 Å². The lowest BCUT2D eigenvalue weighted by Gasteiger charge is -2.42. The van der Waals surface area contributed by atoms with Gasteiger partial charge in [-0.05, 0) is 50.4 Å². The molecule has 0 bridgehead atoms. The maximum absolute atomic E-state index is 5.60. The van der Waals surface area contributed by atoms with Crippen LogP contribution in [0.25, 0.3) is 0 Å². The molecule has 2 saturated heterocycles. The fourth-order valence-corrected chi connectivity index (χ4v) is 4.96. The van der Waals surface area contributed by atoms with Gasteiger partial charge in [-0.25, -0.2) is 0 Å². The Morgan fingerprint density at radius 2 is 2.11 bits per heavy atom. The summed E-state index contributed by atoms with van der Waals surface area (Å²) in [6.45, 7) is 10.4. The maximum atomic E-state index is 5.60. The van der Waals surface area contributed by atoms with Crippen LogP contribution in [0.4, 0.5) is 0 Å². The van der Waals surface area contributed by atoms with Crippen LogP contribution >= 0.6 is 0 Å². The molecule has 4 rings (SSSR count). The first kappa shape index (κ1) is 18.7. The first-order chi connectivity index (χ1) is 13.2. The van der Waals surface area contributed by atoms with Gasteiger partial charge in [-0.2, -0.15) is 5.10 Å². The summed E-state index contributed by atoms with van der Waals surface area (Å²) in [7, 11) is 1.84. The van der Waals surface area contributed by atoms with Gasteiger partial charge in [0.15, 0.2) is 0 Å². The van der Waals surface area contributed by atoms with Crippen LogP contribution in [-0.2, 0) is 24.4 Å². The summed E-state index contributed by atoms with van der Waals surface area (Å²) in [5, 5.41) is 4.41. The van der Waals surface area contributed by atoms with E-state index < -0.39 is 0 Å². The Morgan fingerprint density at radius 1 is 1.26 bits per heavy atom. The lowest BCUT2D eigenvalue weighted by molar-refractivity contribution is 0.0349. The van der Waals surface area contributed by atoms with Crippen LogP contribution in [-0.4, -0.2) is 59.5 Å². The monoisotopic (exact) mass is 372 g/mol. The van der Waals surface area contributed by atoms with E-state index in [0.717, 1.165) is 58.2 Å². The first-order valence-corrected chi connectivity index (χ1v) is 10.2. The minimum absolute atomic E-state index is 0.382. The molecular formula is C21H32N4O2. The van der Waals surface area contributed by atoms with E-state index in [0.29, 0.717) is 11.3 Å². The van der Waals surface area contributed by atoms with Gasteiger partial charge in [-0.3, -0.25) is 14.5 Å². The third kappa shape index (κ3) is 4.13. The minimum Gasteiger partial charge on any atom is -0.468 e. The van der Waals surface area contributed by atoms with E-state index in [4.69, 9.17) is 9.15 Å². The number of hydrogen-bond acceptors (Lipinski definition) is 5. The molecule has 0 aromatic carbocycles. The van der Waals surface area contributed by atoms with E-state index in [1.807, 2.05) is 24.1 Å². The fraction of sp³-hybridized carbons (Fsp3) is 0.667. The van der Waals surface area contributed by atoms with E-state index in [-0.39, 0.29) is 0 Å². The number of rotatable bonds is 7. The van der Waals surface area contributed by atoms with Crippen molar-refractivity contribution in [3.8, 4) is 0 Å². The molecule has 0 amide bonds. The van der Waals surface area contributed by atoms with Gasteiger partial charge < -0.3 is 9.15 Å². The third-order valence-corrected chi connectivity index (χ3v) is 6.48. The van der Waals surface area contributed by atoms with Crippen molar-refractivity contribution < 1.29 is 9.15 Å². The van der Waals surface area contributed by atoms with Crippen LogP contribution in [0.2, 0.25) is 0 Å². The summed E-state index contributed by atoms with van der Waals surface area (Å²) in [5.41, 5.74) is 1.71. The number of methoxy groups -OCH3 is 1. The van der Waals surface area contributed by atoms with E-state index in [9.17, 15) is 0 Å². The first-order valence-electron chi connectivity index (χ1n) is 10.2. The molecule has 0 N–H and O–H groups in total. The largest absolute Gasteiger partial charge is 0.468 e. The lowest BCUT2D eigenvalue weighted by Crippen LogP contribution is -2.44. The van der Waals surface area contributed by atoms with Crippen LogP contribution in [0.15, 0.2) is 35.2 Å². The molecule has 6 heteroatoms. The zero-order valence-corrected chi connectivity index (χ0v) is 16.6. The Kier molecular flexibility index (Phi) is 5.66. The van der Waals surface area contributed by atoms with Gasteiger partial charge in [0.05, 0.1) is 25.6 Å². The average molecular weight is 373 g/mol. The molecule has 148 valence electrons. The van der Waals surface area contributed by atoms with Crippen LogP contribution in [0.5, 0.6) is 0 Å².